The Morgan fingerprint density at radius 2 is 2.50 bits per heavy atom. The summed E-state index contributed by atoms with van der Waals surface area (Å²) < 4.78 is 5.24. The molecule has 1 aliphatic heterocycles. The van der Waals surface area contributed by atoms with Gasteiger partial charge in [-0.3, -0.25) is 0 Å². The summed E-state index contributed by atoms with van der Waals surface area (Å²) in [5.41, 5.74) is 0.615. The van der Waals surface area contributed by atoms with E-state index in [0.29, 0.717) is 23.1 Å². The Kier molecular flexibility index (Phi) is 2.52. The Morgan fingerprint density at radius 3 is 3.00 bits per heavy atom. The Bertz CT molecular complexity index is 355. The number of thiazole rings is 1. The van der Waals surface area contributed by atoms with E-state index in [9.17, 15) is 4.79 Å². The number of carboxylic acid groups (broad SMARTS) is 1. The molecule has 4 nitrogen and oxygen atoms in total. The molecule has 5 heteroatoms. The molecule has 0 unspecified atom stereocenters. The molecule has 2 rings (SSSR count). The van der Waals surface area contributed by atoms with Gasteiger partial charge in [-0.1, -0.05) is 0 Å². The van der Waals surface area contributed by atoms with Crippen molar-refractivity contribution in [2.45, 2.75) is 19.3 Å². The van der Waals surface area contributed by atoms with Crippen LogP contribution in [0.2, 0.25) is 0 Å². The highest BCUT2D eigenvalue weighted by molar-refractivity contribution is 7.13. The van der Waals surface area contributed by atoms with Gasteiger partial charge in [-0.2, -0.15) is 0 Å². The van der Waals surface area contributed by atoms with Crippen LogP contribution < -0.4 is 0 Å². The van der Waals surface area contributed by atoms with Crippen molar-refractivity contribution >= 4 is 17.3 Å². The van der Waals surface area contributed by atoms with Gasteiger partial charge in [0.25, 0.3) is 0 Å². The lowest BCUT2D eigenvalue weighted by Gasteiger charge is -1.99. The number of hydrogen-bond acceptors (Lipinski definition) is 4. The minimum absolute atomic E-state index is 0.298. The standard InChI is InChI=1S/C9H11NO3S/c1-5-7(9(11)12)14-8(10-5)6-2-3-13-4-6/h6H,2-4H2,1H3,(H,11,12)/t6-/m0/s1. The Morgan fingerprint density at radius 1 is 1.71 bits per heavy atom. The van der Waals surface area contributed by atoms with Crippen molar-refractivity contribution in [2.75, 3.05) is 13.2 Å². The summed E-state index contributed by atoms with van der Waals surface area (Å²) in [5.74, 6) is -0.586. The fourth-order valence-electron chi connectivity index (χ4n) is 1.52. The fraction of sp³-hybridized carbons (Fsp3) is 0.556. The van der Waals surface area contributed by atoms with E-state index in [4.69, 9.17) is 9.84 Å². The quantitative estimate of drug-likeness (QED) is 0.811. The third kappa shape index (κ3) is 1.65. The maximum atomic E-state index is 10.8. The first-order chi connectivity index (χ1) is 6.68. The predicted molar refractivity (Wildman–Crippen MR) is 52.0 cm³/mol. The van der Waals surface area contributed by atoms with Gasteiger partial charge in [0, 0.05) is 12.5 Å². The molecule has 0 radical (unpaired) electrons. The number of carboxylic acids is 1. The molecule has 0 bridgehead atoms. The first-order valence-electron chi connectivity index (χ1n) is 4.47. The first-order valence-corrected chi connectivity index (χ1v) is 5.28. The number of ether oxygens (including phenoxy) is 1. The Labute approximate surface area is 85.5 Å². The van der Waals surface area contributed by atoms with Crippen LogP contribution in [0.15, 0.2) is 0 Å². The molecule has 0 aliphatic carbocycles. The van der Waals surface area contributed by atoms with Gasteiger partial charge in [0.05, 0.1) is 17.3 Å². The highest BCUT2D eigenvalue weighted by Crippen LogP contribution is 2.30. The second kappa shape index (κ2) is 3.67. The lowest BCUT2D eigenvalue weighted by atomic mass is 10.1. The van der Waals surface area contributed by atoms with Crippen LogP contribution in [0, 0.1) is 6.92 Å². The van der Waals surface area contributed by atoms with Gasteiger partial charge in [0.2, 0.25) is 0 Å². The van der Waals surface area contributed by atoms with Crippen LogP contribution in [0.5, 0.6) is 0 Å². The Hall–Kier alpha value is -0.940. The van der Waals surface area contributed by atoms with Gasteiger partial charge in [0.1, 0.15) is 4.88 Å². The highest BCUT2D eigenvalue weighted by atomic mass is 32.1. The molecule has 1 saturated heterocycles. The molecule has 76 valence electrons. The summed E-state index contributed by atoms with van der Waals surface area (Å²) in [4.78, 5) is 15.4. The van der Waals surface area contributed by atoms with E-state index >= 15 is 0 Å². The molecule has 1 N–H and O–H groups in total. The van der Waals surface area contributed by atoms with E-state index in [1.165, 1.54) is 11.3 Å². The molecule has 1 aromatic rings. The summed E-state index contributed by atoms with van der Waals surface area (Å²) in [6.45, 7) is 3.16. The predicted octanol–water partition coefficient (Wildman–Crippen LogP) is 1.65. The van der Waals surface area contributed by atoms with Crippen molar-refractivity contribution in [1.82, 2.24) is 4.98 Å². The summed E-state index contributed by atoms with van der Waals surface area (Å²) in [7, 11) is 0. The van der Waals surface area contributed by atoms with E-state index in [-0.39, 0.29) is 0 Å². The minimum Gasteiger partial charge on any atom is -0.477 e. The van der Waals surface area contributed by atoms with Gasteiger partial charge >= 0.3 is 5.97 Å². The number of aromatic carboxylic acids is 1. The van der Waals surface area contributed by atoms with Gasteiger partial charge in [0.15, 0.2) is 0 Å². The number of nitrogens with zero attached hydrogens (tertiary/aromatic N) is 1. The van der Waals surface area contributed by atoms with Gasteiger partial charge in [-0.25, -0.2) is 9.78 Å². The lowest BCUT2D eigenvalue weighted by Crippen LogP contribution is -1.96. The summed E-state index contributed by atoms with van der Waals surface area (Å²) in [5, 5.41) is 9.76. The molecule has 0 aromatic carbocycles. The van der Waals surface area contributed by atoms with Crippen molar-refractivity contribution in [3.63, 3.8) is 0 Å². The van der Waals surface area contributed by atoms with Gasteiger partial charge in [-0.15, -0.1) is 11.3 Å². The fourth-order valence-corrected chi connectivity index (χ4v) is 2.54. The van der Waals surface area contributed by atoms with Crippen LogP contribution in [0.1, 0.15) is 32.7 Å². The molecule has 1 atom stereocenters. The zero-order chi connectivity index (χ0) is 10.1. The van der Waals surface area contributed by atoms with Crippen molar-refractivity contribution < 1.29 is 14.6 Å². The molecule has 0 spiro atoms. The van der Waals surface area contributed by atoms with Gasteiger partial charge < -0.3 is 9.84 Å². The minimum atomic E-state index is -0.884. The topological polar surface area (TPSA) is 59.4 Å². The van der Waals surface area contributed by atoms with Crippen LogP contribution in [0.3, 0.4) is 0 Å². The summed E-state index contributed by atoms with van der Waals surface area (Å²) >= 11 is 1.27. The zero-order valence-corrected chi connectivity index (χ0v) is 8.63. The van der Waals surface area contributed by atoms with Crippen LogP contribution in [-0.4, -0.2) is 29.3 Å². The second-order valence-corrected chi connectivity index (χ2v) is 4.36. The molecule has 14 heavy (non-hydrogen) atoms. The smallest absolute Gasteiger partial charge is 0.347 e. The van der Waals surface area contributed by atoms with E-state index in [1.54, 1.807) is 6.92 Å². The van der Waals surface area contributed by atoms with E-state index in [2.05, 4.69) is 4.98 Å². The molecular weight excluding hydrogens is 202 g/mol. The van der Waals surface area contributed by atoms with Gasteiger partial charge in [-0.05, 0) is 13.3 Å². The monoisotopic (exact) mass is 213 g/mol. The van der Waals surface area contributed by atoms with E-state index in [0.717, 1.165) is 18.0 Å². The molecule has 0 saturated carbocycles. The van der Waals surface area contributed by atoms with Crippen molar-refractivity contribution in [3.05, 3.63) is 15.6 Å². The first kappa shape index (κ1) is 9.61. The second-order valence-electron chi connectivity index (χ2n) is 3.33. The maximum Gasteiger partial charge on any atom is 0.347 e. The highest BCUT2D eigenvalue weighted by Gasteiger charge is 2.23. The van der Waals surface area contributed by atoms with Crippen LogP contribution in [0.25, 0.3) is 0 Å². The maximum absolute atomic E-state index is 10.8. The number of aromatic nitrogens is 1. The van der Waals surface area contributed by atoms with Crippen LogP contribution in [0.4, 0.5) is 0 Å². The van der Waals surface area contributed by atoms with Crippen LogP contribution >= 0.6 is 11.3 Å². The SMILES string of the molecule is Cc1nc([C@H]2CCOC2)sc1C(=O)O. The molecule has 1 aliphatic rings. The summed E-state index contributed by atoms with van der Waals surface area (Å²) in [6.07, 6.45) is 0.950. The molecule has 1 fully saturated rings. The molecule has 0 amide bonds. The number of hydrogen-bond donors (Lipinski definition) is 1. The normalized spacial score (nSPS) is 21.4. The summed E-state index contributed by atoms with van der Waals surface area (Å²) in [6, 6.07) is 0. The van der Waals surface area contributed by atoms with E-state index < -0.39 is 5.97 Å². The Balaban J connectivity index is 2.27. The third-order valence-corrected chi connectivity index (χ3v) is 3.59. The largest absolute Gasteiger partial charge is 0.477 e. The van der Waals surface area contributed by atoms with Crippen LogP contribution in [-0.2, 0) is 4.74 Å². The molecule has 2 heterocycles. The number of rotatable bonds is 2. The van der Waals surface area contributed by atoms with E-state index in [1.807, 2.05) is 0 Å². The molecular formula is C9H11NO3S. The van der Waals surface area contributed by atoms with Crippen molar-refractivity contribution in [3.8, 4) is 0 Å². The number of carbonyl (C=O) groups is 1. The average Bonchev–Trinajstić information content (AvgIpc) is 2.70. The van der Waals surface area contributed by atoms with Crippen molar-refractivity contribution in [2.24, 2.45) is 0 Å². The average molecular weight is 213 g/mol. The van der Waals surface area contributed by atoms with Crippen molar-refractivity contribution in [1.29, 1.82) is 0 Å². The lowest BCUT2D eigenvalue weighted by molar-refractivity contribution is 0.0701. The molecule has 1 aromatic heterocycles. The zero-order valence-electron chi connectivity index (χ0n) is 7.82. The third-order valence-electron chi connectivity index (χ3n) is 2.29. The number of aryl methyl sites for hydroxylation is 1.